The Morgan fingerprint density at radius 1 is 1.11 bits per heavy atom. The first kappa shape index (κ1) is 18.5. The molecule has 28 heavy (non-hydrogen) atoms. The maximum atomic E-state index is 13.3. The van der Waals surface area contributed by atoms with E-state index in [9.17, 15) is 17.2 Å². The van der Waals surface area contributed by atoms with Gasteiger partial charge in [-0.1, -0.05) is 23.4 Å². The van der Waals surface area contributed by atoms with Gasteiger partial charge >= 0.3 is 0 Å². The van der Waals surface area contributed by atoms with Gasteiger partial charge in [0.25, 0.3) is 0 Å². The molecular weight excluding hydrogens is 388 g/mol. The van der Waals surface area contributed by atoms with Gasteiger partial charge in [-0.2, -0.15) is 4.98 Å². The Morgan fingerprint density at radius 3 is 2.54 bits per heavy atom. The molecule has 0 unspecified atom stereocenters. The van der Waals surface area contributed by atoms with Crippen LogP contribution in [0.25, 0.3) is 0 Å². The van der Waals surface area contributed by atoms with Gasteiger partial charge in [0.15, 0.2) is 5.82 Å². The van der Waals surface area contributed by atoms with Gasteiger partial charge < -0.3 is 4.52 Å². The molecule has 4 rings (SSSR count). The van der Waals surface area contributed by atoms with E-state index in [1.807, 2.05) is 0 Å². The zero-order valence-electron chi connectivity index (χ0n) is 14.7. The van der Waals surface area contributed by atoms with Gasteiger partial charge in [-0.15, -0.1) is 0 Å². The van der Waals surface area contributed by atoms with Crippen molar-refractivity contribution >= 4 is 15.7 Å². The number of halogens is 2. The van der Waals surface area contributed by atoms with Crippen molar-refractivity contribution in [3.63, 3.8) is 0 Å². The fourth-order valence-corrected chi connectivity index (χ4v) is 4.11. The maximum Gasteiger partial charge on any atom is 0.236 e. The maximum absolute atomic E-state index is 13.3. The van der Waals surface area contributed by atoms with E-state index in [2.05, 4.69) is 14.9 Å². The average Bonchev–Trinajstić information content (AvgIpc) is 3.35. The normalized spacial score (nSPS) is 14.2. The van der Waals surface area contributed by atoms with Crippen molar-refractivity contribution in [2.45, 2.75) is 30.9 Å². The van der Waals surface area contributed by atoms with E-state index in [-0.39, 0.29) is 12.0 Å². The molecule has 1 saturated carbocycles. The first-order chi connectivity index (χ1) is 13.4. The molecular formula is C19H17F2N3O3S. The quantitative estimate of drug-likeness (QED) is 0.647. The summed E-state index contributed by atoms with van der Waals surface area (Å²) in [4.78, 5) is 4.35. The van der Waals surface area contributed by atoms with E-state index in [1.165, 1.54) is 0 Å². The third-order valence-electron chi connectivity index (χ3n) is 4.33. The van der Waals surface area contributed by atoms with Gasteiger partial charge in [0.2, 0.25) is 15.9 Å². The lowest BCUT2D eigenvalue weighted by atomic mass is 10.1. The van der Waals surface area contributed by atoms with Crippen molar-refractivity contribution in [2.75, 3.05) is 4.72 Å². The summed E-state index contributed by atoms with van der Waals surface area (Å²) in [6.45, 7) is 0. The minimum Gasteiger partial charge on any atom is -0.339 e. The van der Waals surface area contributed by atoms with Gasteiger partial charge in [0.1, 0.15) is 11.6 Å². The van der Waals surface area contributed by atoms with Crippen molar-refractivity contribution < 1.29 is 21.7 Å². The van der Waals surface area contributed by atoms with E-state index in [0.29, 0.717) is 35.0 Å². The van der Waals surface area contributed by atoms with Crippen molar-refractivity contribution in [3.8, 4) is 0 Å². The highest BCUT2D eigenvalue weighted by molar-refractivity contribution is 7.91. The summed E-state index contributed by atoms with van der Waals surface area (Å²) in [6.07, 6.45) is 2.37. The van der Waals surface area contributed by atoms with E-state index in [4.69, 9.17) is 4.52 Å². The Labute approximate surface area is 160 Å². The van der Waals surface area contributed by atoms with Crippen LogP contribution < -0.4 is 4.72 Å². The molecule has 0 saturated heterocycles. The summed E-state index contributed by atoms with van der Waals surface area (Å²) in [5, 5.41) is 3.96. The predicted octanol–water partition coefficient (Wildman–Crippen LogP) is 3.76. The molecule has 0 aliphatic heterocycles. The number of para-hydroxylation sites is 1. The van der Waals surface area contributed by atoms with Crippen molar-refractivity contribution in [2.24, 2.45) is 0 Å². The van der Waals surface area contributed by atoms with Crippen LogP contribution in [0.3, 0.4) is 0 Å². The molecule has 1 aliphatic carbocycles. The number of aromatic nitrogens is 2. The SMILES string of the molecule is O=S(=O)(Cc1cc(F)cc(F)c1)Nc1ccccc1Cc1nc(C2CC2)no1. The largest absolute Gasteiger partial charge is 0.339 e. The van der Waals surface area contributed by atoms with E-state index < -0.39 is 27.4 Å². The second-order valence-corrected chi connectivity index (χ2v) is 8.52. The van der Waals surface area contributed by atoms with Gasteiger partial charge in [0, 0.05) is 12.0 Å². The van der Waals surface area contributed by atoms with Crippen LogP contribution in [-0.2, 0) is 22.2 Å². The number of rotatable bonds is 7. The predicted molar refractivity (Wildman–Crippen MR) is 98.1 cm³/mol. The third kappa shape index (κ3) is 4.53. The second kappa shape index (κ2) is 7.31. The molecule has 0 spiro atoms. The minimum absolute atomic E-state index is 0.0217. The smallest absolute Gasteiger partial charge is 0.236 e. The van der Waals surface area contributed by atoms with Crippen LogP contribution in [-0.4, -0.2) is 18.6 Å². The molecule has 0 bridgehead atoms. The highest BCUT2D eigenvalue weighted by Gasteiger charge is 2.28. The van der Waals surface area contributed by atoms with Gasteiger partial charge in [0.05, 0.1) is 17.9 Å². The number of nitrogens with zero attached hydrogens (tertiary/aromatic N) is 2. The molecule has 146 valence electrons. The third-order valence-corrected chi connectivity index (χ3v) is 5.57. The number of nitrogens with one attached hydrogen (secondary N) is 1. The summed E-state index contributed by atoms with van der Waals surface area (Å²) in [5.74, 6) is -0.760. The summed E-state index contributed by atoms with van der Waals surface area (Å²) < 4.78 is 59.4. The van der Waals surface area contributed by atoms with Crippen LogP contribution in [0.15, 0.2) is 47.0 Å². The molecule has 3 aromatic rings. The summed E-state index contributed by atoms with van der Waals surface area (Å²) in [5.41, 5.74) is 1.03. The molecule has 6 nitrogen and oxygen atoms in total. The number of sulfonamides is 1. The van der Waals surface area contributed by atoms with Crippen LogP contribution in [0.5, 0.6) is 0 Å². The Bertz CT molecular complexity index is 1090. The lowest BCUT2D eigenvalue weighted by Gasteiger charge is -2.12. The van der Waals surface area contributed by atoms with Crippen molar-refractivity contribution in [3.05, 3.63) is 76.9 Å². The first-order valence-electron chi connectivity index (χ1n) is 8.74. The monoisotopic (exact) mass is 405 g/mol. The van der Waals surface area contributed by atoms with Crippen LogP contribution >= 0.6 is 0 Å². The molecule has 1 aliphatic rings. The van der Waals surface area contributed by atoms with Gasteiger partial charge in [-0.3, -0.25) is 4.72 Å². The zero-order valence-corrected chi connectivity index (χ0v) is 15.5. The molecule has 1 N–H and O–H groups in total. The lowest BCUT2D eigenvalue weighted by molar-refractivity contribution is 0.379. The van der Waals surface area contributed by atoms with Crippen LogP contribution in [0, 0.1) is 11.6 Å². The number of hydrogen-bond acceptors (Lipinski definition) is 5. The molecule has 9 heteroatoms. The molecule has 0 radical (unpaired) electrons. The fraction of sp³-hybridized carbons (Fsp3) is 0.263. The molecule has 0 atom stereocenters. The topological polar surface area (TPSA) is 85.1 Å². The Balaban J connectivity index is 1.52. The molecule has 1 aromatic heterocycles. The highest BCUT2D eigenvalue weighted by Crippen LogP contribution is 2.38. The van der Waals surface area contributed by atoms with Crippen LogP contribution in [0.4, 0.5) is 14.5 Å². The number of hydrogen-bond donors (Lipinski definition) is 1. The highest BCUT2D eigenvalue weighted by atomic mass is 32.2. The Morgan fingerprint density at radius 2 is 1.82 bits per heavy atom. The van der Waals surface area contributed by atoms with Crippen LogP contribution in [0.2, 0.25) is 0 Å². The van der Waals surface area contributed by atoms with Gasteiger partial charge in [-0.05, 0) is 42.2 Å². The standard InChI is InChI=1S/C19H17F2N3O3S/c20-15-7-12(8-16(21)10-15)11-28(25,26)24-17-4-2-1-3-14(17)9-18-22-19(23-27-18)13-5-6-13/h1-4,7-8,10,13,24H,5-6,9,11H2. The van der Waals surface area contributed by atoms with E-state index in [1.54, 1.807) is 24.3 Å². The van der Waals surface area contributed by atoms with Crippen LogP contribution in [0.1, 0.15) is 41.6 Å². The Kier molecular flexibility index (Phi) is 4.84. The lowest BCUT2D eigenvalue weighted by Crippen LogP contribution is -2.16. The minimum atomic E-state index is -3.88. The van der Waals surface area contributed by atoms with Crippen molar-refractivity contribution in [1.29, 1.82) is 0 Å². The molecule has 2 aromatic carbocycles. The summed E-state index contributed by atoms with van der Waals surface area (Å²) in [7, 11) is -3.88. The number of benzene rings is 2. The Hall–Kier alpha value is -2.81. The molecule has 0 amide bonds. The van der Waals surface area contributed by atoms with E-state index in [0.717, 1.165) is 25.0 Å². The second-order valence-electron chi connectivity index (χ2n) is 6.79. The van der Waals surface area contributed by atoms with Gasteiger partial charge in [-0.25, -0.2) is 17.2 Å². The zero-order chi connectivity index (χ0) is 19.7. The summed E-state index contributed by atoms with van der Waals surface area (Å²) >= 11 is 0. The fourth-order valence-electron chi connectivity index (χ4n) is 2.90. The first-order valence-corrected chi connectivity index (χ1v) is 10.4. The average molecular weight is 405 g/mol. The molecule has 1 heterocycles. The molecule has 1 fully saturated rings. The van der Waals surface area contributed by atoms with E-state index >= 15 is 0 Å². The van der Waals surface area contributed by atoms with Crippen molar-refractivity contribution in [1.82, 2.24) is 10.1 Å². The number of anilines is 1. The summed E-state index contributed by atoms with van der Waals surface area (Å²) in [6, 6.07) is 9.50.